The Kier molecular flexibility index (Phi) is 6.20. The van der Waals surface area contributed by atoms with Gasteiger partial charge in [-0.2, -0.15) is 12.7 Å². The predicted octanol–water partition coefficient (Wildman–Crippen LogP) is 1.04. The van der Waals surface area contributed by atoms with E-state index in [2.05, 4.69) is 9.62 Å². The molecule has 0 spiro atoms. The molecule has 0 atom stereocenters. The van der Waals surface area contributed by atoms with Gasteiger partial charge in [-0.05, 0) is 37.1 Å². The van der Waals surface area contributed by atoms with Crippen molar-refractivity contribution in [3.63, 3.8) is 0 Å². The van der Waals surface area contributed by atoms with E-state index in [1.807, 2.05) is 24.3 Å². The van der Waals surface area contributed by atoms with E-state index in [1.54, 1.807) is 4.90 Å². The monoisotopic (exact) mass is 354 g/mol. The maximum Gasteiger partial charge on any atom is 0.278 e. The Morgan fingerprint density at radius 3 is 2.25 bits per heavy atom. The van der Waals surface area contributed by atoms with Gasteiger partial charge in [0.25, 0.3) is 10.2 Å². The van der Waals surface area contributed by atoms with Gasteiger partial charge in [0.15, 0.2) is 0 Å². The molecule has 8 heteroatoms. The first kappa shape index (κ1) is 18.7. The van der Waals surface area contributed by atoms with Crippen molar-refractivity contribution in [2.45, 2.75) is 19.8 Å². The topological polar surface area (TPSA) is 73.0 Å². The molecule has 7 nitrogen and oxygen atoms in total. The first-order chi connectivity index (χ1) is 11.3. The molecule has 0 unspecified atom stereocenters. The molecular weight excluding hydrogens is 328 g/mol. The lowest BCUT2D eigenvalue weighted by Crippen LogP contribution is -2.41. The minimum Gasteiger partial charge on any atom is -0.372 e. The van der Waals surface area contributed by atoms with E-state index >= 15 is 0 Å². The molecule has 1 aromatic rings. The second-order valence-corrected chi connectivity index (χ2v) is 8.03. The van der Waals surface area contributed by atoms with E-state index in [9.17, 15) is 13.2 Å². The Hall–Kier alpha value is -1.64. The molecule has 1 N–H and O–H groups in total. The largest absolute Gasteiger partial charge is 0.372 e. The Balaban J connectivity index is 2.01. The summed E-state index contributed by atoms with van der Waals surface area (Å²) in [4.78, 5) is 15.8. The van der Waals surface area contributed by atoms with Crippen LogP contribution in [-0.2, 0) is 15.0 Å². The molecule has 0 aromatic heterocycles. The highest BCUT2D eigenvalue weighted by molar-refractivity contribution is 7.87. The van der Waals surface area contributed by atoms with Gasteiger partial charge in [0, 0.05) is 58.6 Å². The first-order valence-electron chi connectivity index (χ1n) is 8.11. The number of benzene rings is 1. The molecule has 0 saturated carbocycles. The Morgan fingerprint density at radius 1 is 1.17 bits per heavy atom. The maximum absolute atomic E-state index is 11.9. The molecule has 2 rings (SSSR count). The summed E-state index contributed by atoms with van der Waals surface area (Å²) in [7, 11) is -0.560. The quantitative estimate of drug-likeness (QED) is 0.794. The molecule has 1 amide bonds. The Labute approximate surface area is 144 Å². The lowest BCUT2D eigenvalue weighted by atomic mass is 10.2. The molecule has 134 valence electrons. The number of rotatable bonds is 7. The van der Waals surface area contributed by atoms with Gasteiger partial charge in [0.1, 0.15) is 0 Å². The van der Waals surface area contributed by atoms with Crippen molar-refractivity contribution in [3.05, 3.63) is 24.3 Å². The van der Waals surface area contributed by atoms with E-state index in [0.717, 1.165) is 28.8 Å². The standard InChI is InChI=1S/C16H26N4O3S/c1-14(21)20(13-10-17-24(22,23)18(2)3)16-8-6-15(7-9-16)19-11-4-5-12-19/h6-9,17H,4-5,10-13H2,1-3H3. The summed E-state index contributed by atoms with van der Waals surface area (Å²) in [5.74, 6) is -0.118. The third-order valence-electron chi connectivity index (χ3n) is 4.11. The number of carbonyl (C=O) groups is 1. The van der Waals surface area contributed by atoms with E-state index in [4.69, 9.17) is 0 Å². The number of nitrogens with one attached hydrogen (secondary N) is 1. The summed E-state index contributed by atoms with van der Waals surface area (Å²) < 4.78 is 27.0. The number of carbonyl (C=O) groups excluding carboxylic acids is 1. The Morgan fingerprint density at radius 2 is 1.75 bits per heavy atom. The molecule has 1 aromatic carbocycles. The van der Waals surface area contributed by atoms with Crippen LogP contribution in [0, 0.1) is 0 Å². The highest BCUT2D eigenvalue weighted by Gasteiger charge is 2.17. The summed E-state index contributed by atoms with van der Waals surface area (Å²) in [5.41, 5.74) is 1.93. The SMILES string of the molecule is CC(=O)N(CCNS(=O)(=O)N(C)C)c1ccc(N2CCCC2)cc1. The van der Waals surface area contributed by atoms with Gasteiger partial charge in [-0.3, -0.25) is 4.79 Å². The summed E-state index contributed by atoms with van der Waals surface area (Å²) in [6, 6.07) is 7.85. The summed E-state index contributed by atoms with van der Waals surface area (Å²) in [6.45, 7) is 4.07. The molecule has 1 aliphatic rings. The molecule has 24 heavy (non-hydrogen) atoms. The average Bonchev–Trinajstić information content (AvgIpc) is 3.05. The van der Waals surface area contributed by atoms with Crippen molar-refractivity contribution < 1.29 is 13.2 Å². The maximum atomic E-state index is 11.9. The number of anilines is 2. The predicted molar refractivity (Wildman–Crippen MR) is 96.5 cm³/mol. The van der Waals surface area contributed by atoms with Crippen LogP contribution in [0.4, 0.5) is 11.4 Å². The first-order valence-corrected chi connectivity index (χ1v) is 9.55. The third kappa shape index (κ3) is 4.68. The summed E-state index contributed by atoms with van der Waals surface area (Å²) >= 11 is 0. The van der Waals surface area contributed by atoms with E-state index in [0.29, 0.717) is 0 Å². The Bertz CT molecular complexity index is 652. The van der Waals surface area contributed by atoms with Crippen molar-refractivity contribution in [3.8, 4) is 0 Å². The lowest BCUT2D eigenvalue weighted by Gasteiger charge is -2.23. The van der Waals surface area contributed by atoms with Crippen LogP contribution in [0.2, 0.25) is 0 Å². The molecule has 0 bridgehead atoms. The fourth-order valence-electron chi connectivity index (χ4n) is 2.70. The smallest absolute Gasteiger partial charge is 0.278 e. The number of hydrogen-bond donors (Lipinski definition) is 1. The van der Waals surface area contributed by atoms with E-state index in [1.165, 1.54) is 33.9 Å². The molecule has 1 heterocycles. The highest BCUT2D eigenvalue weighted by atomic mass is 32.2. The highest BCUT2D eigenvalue weighted by Crippen LogP contribution is 2.23. The van der Waals surface area contributed by atoms with Crippen LogP contribution in [0.15, 0.2) is 24.3 Å². The molecule has 1 fully saturated rings. The normalized spacial score (nSPS) is 15.1. The number of hydrogen-bond acceptors (Lipinski definition) is 4. The minimum absolute atomic E-state index is 0.118. The fourth-order valence-corrected chi connectivity index (χ4v) is 3.31. The third-order valence-corrected chi connectivity index (χ3v) is 5.64. The van der Waals surface area contributed by atoms with Gasteiger partial charge in [-0.15, -0.1) is 0 Å². The van der Waals surface area contributed by atoms with Crippen LogP contribution in [0.3, 0.4) is 0 Å². The van der Waals surface area contributed by atoms with Crippen LogP contribution < -0.4 is 14.5 Å². The minimum atomic E-state index is -3.48. The van der Waals surface area contributed by atoms with Gasteiger partial charge in [0.2, 0.25) is 5.91 Å². The van der Waals surface area contributed by atoms with Gasteiger partial charge in [-0.1, -0.05) is 0 Å². The van der Waals surface area contributed by atoms with Gasteiger partial charge < -0.3 is 9.80 Å². The van der Waals surface area contributed by atoms with Crippen molar-refractivity contribution in [2.75, 3.05) is 50.1 Å². The fraction of sp³-hybridized carbons (Fsp3) is 0.562. The second kappa shape index (κ2) is 7.96. The number of nitrogens with zero attached hydrogens (tertiary/aromatic N) is 3. The van der Waals surface area contributed by atoms with E-state index in [-0.39, 0.29) is 19.0 Å². The zero-order chi connectivity index (χ0) is 17.7. The van der Waals surface area contributed by atoms with Crippen molar-refractivity contribution in [1.82, 2.24) is 9.03 Å². The summed E-state index contributed by atoms with van der Waals surface area (Å²) in [5, 5.41) is 0. The van der Waals surface area contributed by atoms with Gasteiger partial charge in [-0.25, -0.2) is 4.72 Å². The zero-order valence-electron chi connectivity index (χ0n) is 14.5. The van der Waals surface area contributed by atoms with Crippen LogP contribution in [0.1, 0.15) is 19.8 Å². The van der Waals surface area contributed by atoms with Crippen LogP contribution >= 0.6 is 0 Å². The number of amides is 1. The lowest BCUT2D eigenvalue weighted by molar-refractivity contribution is -0.116. The second-order valence-electron chi connectivity index (χ2n) is 6.06. The molecule has 1 aliphatic heterocycles. The van der Waals surface area contributed by atoms with Crippen molar-refractivity contribution >= 4 is 27.5 Å². The van der Waals surface area contributed by atoms with Crippen LogP contribution in [0.5, 0.6) is 0 Å². The van der Waals surface area contributed by atoms with Crippen LogP contribution in [-0.4, -0.2) is 58.9 Å². The van der Waals surface area contributed by atoms with Gasteiger partial charge >= 0.3 is 0 Å². The van der Waals surface area contributed by atoms with Gasteiger partial charge in [0.05, 0.1) is 0 Å². The zero-order valence-corrected chi connectivity index (χ0v) is 15.3. The van der Waals surface area contributed by atoms with E-state index < -0.39 is 10.2 Å². The van der Waals surface area contributed by atoms with Crippen molar-refractivity contribution in [2.24, 2.45) is 0 Å². The van der Waals surface area contributed by atoms with Crippen LogP contribution in [0.25, 0.3) is 0 Å². The molecule has 0 radical (unpaired) electrons. The summed E-state index contributed by atoms with van der Waals surface area (Å²) in [6.07, 6.45) is 2.43. The average molecular weight is 354 g/mol. The van der Waals surface area contributed by atoms with Crippen molar-refractivity contribution in [1.29, 1.82) is 0 Å². The molecule has 1 saturated heterocycles. The molecular formula is C16H26N4O3S. The molecule has 0 aliphatic carbocycles.